The van der Waals surface area contributed by atoms with Gasteiger partial charge in [0.05, 0.1) is 4.92 Å². The van der Waals surface area contributed by atoms with E-state index < -0.39 is 4.92 Å². The summed E-state index contributed by atoms with van der Waals surface area (Å²) in [6.45, 7) is 2.05. The zero-order valence-electron chi connectivity index (χ0n) is 12.2. The van der Waals surface area contributed by atoms with Crippen molar-refractivity contribution in [2.75, 3.05) is 6.54 Å². The highest BCUT2D eigenvalue weighted by atomic mass is 16.6. The monoisotopic (exact) mass is 291 g/mol. The van der Waals surface area contributed by atoms with Gasteiger partial charge in [-0.1, -0.05) is 18.9 Å². The molecule has 1 saturated carbocycles. The highest BCUT2D eigenvalue weighted by Crippen LogP contribution is 2.27. The molecule has 1 aliphatic carbocycles. The molecule has 1 atom stereocenters. The van der Waals surface area contributed by atoms with Crippen molar-refractivity contribution in [3.63, 3.8) is 0 Å². The zero-order valence-corrected chi connectivity index (χ0v) is 12.2. The number of benzene rings is 1. The van der Waals surface area contributed by atoms with E-state index in [0.717, 1.165) is 12.8 Å². The molecular formula is C15H21N3O3. The smallest absolute Gasteiger partial charge is 0.273 e. The number of carbonyl (C=O) groups excluding carboxylic acids is 1. The summed E-state index contributed by atoms with van der Waals surface area (Å²) >= 11 is 0. The Hall–Kier alpha value is -1.95. The molecule has 0 aliphatic heterocycles. The van der Waals surface area contributed by atoms with E-state index in [1.807, 2.05) is 0 Å². The van der Waals surface area contributed by atoms with E-state index in [1.165, 1.54) is 18.9 Å². The van der Waals surface area contributed by atoms with Crippen LogP contribution in [0.3, 0.4) is 0 Å². The third-order valence-corrected chi connectivity index (χ3v) is 4.21. The molecule has 1 aromatic rings. The summed E-state index contributed by atoms with van der Waals surface area (Å²) in [7, 11) is 0. The summed E-state index contributed by atoms with van der Waals surface area (Å²) in [6.07, 6.45) is 4.51. The van der Waals surface area contributed by atoms with E-state index in [9.17, 15) is 14.9 Å². The Kier molecular flexibility index (Phi) is 4.90. The number of hydrogen-bond acceptors (Lipinski definition) is 4. The van der Waals surface area contributed by atoms with Gasteiger partial charge in [-0.05, 0) is 31.7 Å². The maximum atomic E-state index is 12.3. The SMILES string of the molecule is Cc1ccc(C(=O)NC(CN)C2CCCC2)cc1[N+](=O)[O-]. The predicted molar refractivity (Wildman–Crippen MR) is 80.1 cm³/mol. The van der Waals surface area contributed by atoms with Crippen LogP contribution in [0.4, 0.5) is 5.69 Å². The minimum Gasteiger partial charge on any atom is -0.348 e. The first-order valence-electron chi connectivity index (χ1n) is 7.29. The Morgan fingerprint density at radius 3 is 2.71 bits per heavy atom. The minimum atomic E-state index is -0.469. The topological polar surface area (TPSA) is 98.3 Å². The minimum absolute atomic E-state index is 0.0344. The molecule has 114 valence electrons. The molecule has 1 amide bonds. The molecule has 21 heavy (non-hydrogen) atoms. The van der Waals surface area contributed by atoms with Gasteiger partial charge in [0.2, 0.25) is 0 Å². The van der Waals surface area contributed by atoms with E-state index in [1.54, 1.807) is 19.1 Å². The number of nitrogens with zero attached hydrogens (tertiary/aromatic N) is 1. The second kappa shape index (κ2) is 6.67. The van der Waals surface area contributed by atoms with Gasteiger partial charge in [-0.25, -0.2) is 0 Å². The molecule has 1 aliphatic rings. The fourth-order valence-electron chi connectivity index (χ4n) is 2.93. The fraction of sp³-hybridized carbons (Fsp3) is 0.533. The quantitative estimate of drug-likeness (QED) is 0.641. The molecule has 0 bridgehead atoms. The first-order chi connectivity index (χ1) is 10.0. The number of rotatable bonds is 5. The maximum Gasteiger partial charge on any atom is 0.273 e. The predicted octanol–water partition coefficient (Wildman–Crippen LogP) is 2.15. The summed E-state index contributed by atoms with van der Waals surface area (Å²) < 4.78 is 0. The van der Waals surface area contributed by atoms with Crippen LogP contribution in [0, 0.1) is 23.0 Å². The van der Waals surface area contributed by atoms with E-state index >= 15 is 0 Å². The van der Waals surface area contributed by atoms with Gasteiger partial charge in [-0.2, -0.15) is 0 Å². The molecule has 6 nitrogen and oxygen atoms in total. The lowest BCUT2D eigenvalue weighted by atomic mass is 9.97. The third kappa shape index (κ3) is 3.58. The molecule has 0 heterocycles. The van der Waals surface area contributed by atoms with Crippen LogP contribution >= 0.6 is 0 Å². The van der Waals surface area contributed by atoms with Gasteiger partial charge in [0, 0.05) is 29.8 Å². The van der Waals surface area contributed by atoms with Gasteiger partial charge >= 0.3 is 0 Å². The molecule has 0 spiro atoms. The van der Waals surface area contributed by atoms with Crippen molar-refractivity contribution in [1.29, 1.82) is 0 Å². The lowest BCUT2D eigenvalue weighted by molar-refractivity contribution is -0.385. The Balaban J connectivity index is 2.12. The molecule has 0 aromatic heterocycles. The summed E-state index contributed by atoms with van der Waals surface area (Å²) in [6, 6.07) is 4.48. The number of nitrogens with two attached hydrogens (primary N) is 1. The number of aryl methyl sites for hydroxylation is 1. The van der Waals surface area contributed by atoms with Crippen molar-refractivity contribution in [2.24, 2.45) is 11.7 Å². The van der Waals surface area contributed by atoms with Crippen LogP contribution in [-0.2, 0) is 0 Å². The van der Waals surface area contributed by atoms with E-state index in [-0.39, 0.29) is 17.6 Å². The van der Waals surface area contributed by atoms with Crippen molar-refractivity contribution in [3.8, 4) is 0 Å². The van der Waals surface area contributed by atoms with Gasteiger partial charge in [0.1, 0.15) is 0 Å². The Morgan fingerprint density at radius 1 is 1.48 bits per heavy atom. The molecule has 1 unspecified atom stereocenters. The Bertz CT molecular complexity index is 539. The highest BCUT2D eigenvalue weighted by molar-refractivity contribution is 5.95. The fourth-order valence-corrected chi connectivity index (χ4v) is 2.93. The lowest BCUT2D eigenvalue weighted by Gasteiger charge is -2.23. The first kappa shape index (κ1) is 15.4. The molecule has 2 rings (SSSR count). The molecule has 3 N–H and O–H groups in total. The summed E-state index contributed by atoms with van der Waals surface area (Å²) in [5.74, 6) is 0.125. The van der Waals surface area contributed by atoms with Gasteiger partial charge in [0.25, 0.3) is 11.6 Å². The summed E-state index contributed by atoms with van der Waals surface area (Å²) in [5, 5.41) is 13.9. The van der Waals surface area contributed by atoms with Gasteiger partial charge < -0.3 is 11.1 Å². The van der Waals surface area contributed by atoms with Crippen LogP contribution in [-0.4, -0.2) is 23.4 Å². The van der Waals surface area contributed by atoms with Crippen LogP contribution in [0.5, 0.6) is 0 Å². The van der Waals surface area contributed by atoms with Gasteiger partial charge in [-0.15, -0.1) is 0 Å². The number of hydrogen-bond donors (Lipinski definition) is 2. The van der Waals surface area contributed by atoms with Crippen LogP contribution < -0.4 is 11.1 Å². The Labute approximate surface area is 123 Å². The molecule has 6 heteroatoms. The van der Waals surface area contributed by atoms with Crippen molar-refractivity contribution >= 4 is 11.6 Å². The van der Waals surface area contributed by atoms with E-state index in [4.69, 9.17) is 5.73 Å². The molecule has 1 aromatic carbocycles. The van der Waals surface area contributed by atoms with Crippen molar-refractivity contribution < 1.29 is 9.72 Å². The van der Waals surface area contributed by atoms with Gasteiger partial charge in [-0.3, -0.25) is 14.9 Å². The second-order valence-electron chi connectivity index (χ2n) is 5.62. The highest BCUT2D eigenvalue weighted by Gasteiger charge is 2.26. The maximum absolute atomic E-state index is 12.3. The van der Waals surface area contributed by atoms with Gasteiger partial charge in [0.15, 0.2) is 0 Å². The number of nitrogens with one attached hydrogen (secondary N) is 1. The standard InChI is InChI=1S/C15H21N3O3/c1-10-6-7-12(8-14(10)18(20)21)15(19)17-13(9-16)11-4-2-3-5-11/h6-8,11,13H,2-5,9,16H2,1H3,(H,17,19). The number of amides is 1. The third-order valence-electron chi connectivity index (χ3n) is 4.21. The van der Waals surface area contributed by atoms with Crippen LogP contribution in [0.2, 0.25) is 0 Å². The summed E-state index contributed by atoms with van der Waals surface area (Å²) in [5.41, 5.74) is 6.58. The zero-order chi connectivity index (χ0) is 15.4. The average Bonchev–Trinajstić information content (AvgIpc) is 2.98. The number of nitro benzene ring substituents is 1. The molecule has 0 radical (unpaired) electrons. The molecule has 0 saturated heterocycles. The first-order valence-corrected chi connectivity index (χ1v) is 7.29. The largest absolute Gasteiger partial charge is 0.348 e. The summed E-state index contributed by atoms with van der Waals surface area (Å²) in [4.78, 5) is 22.7. The number of nitro groups is 1. The van der Waals surface area contributed by atoms with E-state index in [2.05, 4.69) is 5.32 Å². The normalized spacial score (nSPS) is 16.7. The van der Waals surface area contributed by atoms with Crippen molar-refractivity contribution in [3.05, 3.63) is 39.4 Å². The average molecular weight is 291 g/mol. The number of carbonyl (C=O) groups is 1. The van der Waals surface area contributed by atoms with Crippen molar-refractivity contribution in [1.82, 2.24) is 5.32 Å². The van der Waals surface area contributed by atoms with Crippen LogP contribution in [0.1, 0.15) is 41.6 Å². The van der Waals surface area contributed by atoms with Crippen LogP contribution in [0.15, 0.2) is 18.2 Å². The lowest BCUT2D eigenvalue weighted by Crippen LogP contribution is -2.44. The Morgan fingerprint density at radius 2 is 2.14 bits per heavy atom. The second-order valence-corrected chi connectivity index (χ2v) is 5.62. The van der Waals surface area contributed by atoms with Crippen LogP contribution in [0.25, 0.3) is 0 Å². The van der Waals surface area contributed by atoms with E-state index in [0.29, 0.717) is 23.6 Å². The molecule has 1 fully saturated rings. The molecular weight excluding hydrogens is 270 g/mol. The van der Waals surface area contributed by atoms with Crippen molar-refractivity contribution in [2.45, 2.75) is 38.6 Å².